The number of rotatable bonds is 2. The minimum Gasteiger partial charge on any atom is -0.406 e. The molecule has 0 fully saturated rings. The van der Waals surface area contributed by atoms with Crippen molar-refractivity contribution in [1.82, 2.24) is 4.98 Å². The Kier molecular flexibility index (Phi) is 4.18. The summed E-state index contributed by atoms with van der Waals surface area (Å²) in [6.45, 7) is 0. The van der Waals surface area contributed by atoms with Gasteiger partial charge >= 0.3 is 12.5 Å². The molecule has 0 aliphatic rings. The fraction of sp³-hybridized carbons (Fsp3) is 0.143. The highest BCUT2D eigenvalue weighted by molar-refractivity contribution is 5.66. The predicted octanol–water partition coefficient (Wildman–Crippen LogP) is 4.54. The summed E-state index contributed by atoms with van der Waals surface area (Å²) in [5, 5.41) is 8.66. The molecule has 0 N–H and O–H groups in total. The molecule has 0 radical (unpaired) electrons. The van der Waals surface area contributed by atoms with Crippen molar-refractivity contribution in [1.29, 1.82) is 5.26 Å². The number of hydrogen-bond donors (Lipinski definition) is 0. The van der Waals surface area contributed by atoms with Crippen LogP contribution in [0.25, 0.3) is 11.1 Å². The molecule has 1 aromatic carbocycles. The number of hydrogen-bond acceptors (Lipinski definition) is 3. The van der Waals surface area contributed by atoms with Gasteiger partial charge < -0.3 is 4.74 Å². The maximum Gasteiger partial charge on any atom is 0.573 e. The molecule has 0 aliphatic carbocycles. The van der Waals surface area contributed by atoms with Crippen LogP contribution in [0.4, 0.5) is 26.3 Å². The van der Waals surface area contributed by atoms with Gasteiger partial charge in [0.05, 0.1) is 5.56 Å². The maximum absolute atomic E-state index is 12.9. The second-order valence-corrected chi connectivity index (χ2v) is 4.31. The molecule has 23 heavy (non-hydrogen) atoms. The van der Waals surface area contributed by atoms with E-state index in [1.807, 2.05) is 0 Å². The fourth-order valence-corrected chi connectivity index (χ4v) is 1.80. The normalized spacial score (nSPS) is 11.9. The standard InChI is InChI=1S/C14H6F6N2O/c15-13(16,17)11-5-9(7-22-12(11)6-21)8-2-1-3-10(4-8)23-14(18,19)20/h1-5,7H. The highest BCUT2D eigenvalue weighted by Gasteiger charge is 2.35. The van der Waals surface area contributed by atoms with Crippen molar-refractivity contribution >= 4 is 0 Å². The van der Waals surface area contributed by atoms with Gasteiger partial charge in [-0.1, -0.05) is 12.1 Å². The van der Waals surface area contributed by atoms with E-state index in [2.05, 4.69) is 9.72 Å². The molecule has 1 aromatic heterocycles. The number of halogens is 6. The average molecular weight is 332 g/mol. The van der Waals surface area contributed by atoms with Crippen LogP contribution in [0.5, 0.6) is 5.75 Å². The van der Waals surface area contributed by atoms with Crippen LogP contribution >= 0.6 is 0 Å². The Morgan fingerprint density at radius 3 is 2.26 bits per heavy atom. The third-order valence-electron chi connectivity index (χ3n) is 2.70. The first-order chi connectivity index (χ1) is 10.6. The van der Waals surface area contributed by atoms with Gasteiger partial charge in [-0.05, 0) is 23.8 Å². The van der Waals surface area contributed by atoms with Crippen LogP contribution in [0.1, 0.15) is 11.3 Å². The maximum atomic E-state index is 12.9. The van der Waals surface area contributed by atoms with Gasteiger partial charge in [-0.2, -0.15) is 18.4 Å². The zero-order valence-corrected chi connectivity index (χ0v) is 11.0. The Bertz CT molecular complexity index is 761. The first kappa shape index (κ1) is 16.6. The lowest BCUT2D eigenvalue weighted by atomic mass is 10.0. The molecule has 2 aromatic rings. The second-order valence-electron chi connectivity index (χ2n) is 4.31. The average Bonchev–Trinajstić information content (AvgIpc) is 2.44. The van der Waals surface area contributed by atoms with Crippen molar-refractivity contribution < 1.29 is 31.1 Å². The molecule has 0 bridgehead atoms. The summed E-state index contributed by atoms with van der Waals surface area (Å²) in [6, 6.07) is 6.40. The summed E-state index contributed by atoms with van der Waals surface area (Å²) in [5.74, 6) is -0.576. The van der Waals surface area contributed by atoms with Gasteiger partial charge in [-0.3, -0.25) is 0 Å². The SMILES string of the molecule is N#Cc1ncc(-c2cccc(OC(F)(F)F)c2)cc1C(F)(F)F. The van der Waals surface area contributed by atoms with Crippen molar-refractivity contribution in [3.63, 3.8) is 0 Å². The molecule has 3 nitrogen and oxygen atoms in total. The molecule has 2 rings (SSSR count). The second kappa shape index (κ2) is 5.79. The molecule has 0 aliphatic heterocycles. The van der Waals surface area contributed by atoms with Crippen molar-refractivity contribution in [3.05, 3.63) is 47.8 Å². The lowest BCUT2D eigenvalue weighted by Crippen LogP contribution is -2.17. The molecular formula is C14H6F6N2O. The van der Waals surface area contributed by atoms with E-state index in [9.17, 15) is 26.3 Å². The van der Waals surface area contributed by atoms with Crippen molar-refractivity contribution in [2.24, 2.45) is 0 Å². The quantitative estimate of drug-likeness (QED) is 0.759. The molecule has 0 amide bonds. The Morgan fingerprint density at radius 2 is 1.70 bits per heavy atom. The number of nitrogens with zero attached hydrogens (tertiary/aromatic N) is 2. The van der Waals surface area contributed by atoms with Crippen LogP contribution in [-0.2, 0) is 6.18 Å². The van der Waals surface area contributed by atoms with Gasteiger partial charge in [0.2, 0.25) is 0 Å². The van der Waals surface area contributed by atoms with Crippen LogP contribution in [0.3, 0.4) is 0 Å². The van der Waals surface area contributed by atoms with Crippen LogP contribution in [0, 0.1) is 11.3 Å². The third-order valence-corrected chi connectivity index (χ3v) is 2.70. The summed E-state index contributed by atoms with van der Waals surface area (Å²) in [5.41, 5.74) is -2.14. The number of pyridine rings is 1. The Labute approximate surface area is 125 Å². The molecule has 120 valence electrons. The smallest absolute Gasteiger partial charge is 0.406 e. The van der Waals surface area contributed by atoms with Gasteiger partial charge in [-0.25, -0.2) is 4.98 Å². The monoisotopic (exact) mass is 332 g/mol. The molecule has 1 heterocycles. The van der Waals surface area contributed by atoms with Crippen LogP contribution in [0.15, 0.2) is 36.5 Å². The molecular weight excluding hydrogens is 326 g/mol. The topological polar surface area (TPSA) is 45.9 Å². The predicted molar refractivity (Wildman–Crippen MR) is 66.1 cm³/mol. The molecule has 9 heteroatoms. The van der Waals surface area contributed by atoms with E-state index in [1.165, 1.54) is 18.2 Å². The summed E-state index contributed by atoms with van der Waals surface area (Å²) >= 11 is 0. The van der Waals surface area contributed by atoms with Gasteiger partial charge in [0, 0.05) is 11.8 Å². The van der Waals surface area contributed by atoms with Crippen molar-refractivity contribution in [2.75, 3.05) is 0 Å². The highest BCUT2D eigenvalue weighted by atomic mass is 19.4. The number of nitriles is 1. The van der Waals surface area contributed by atoms with E-state index in [1.54, 1.807) is 0 Å². The Morgan fingerprint density at radius 1 is 1.00 bits per heavy atom. The summed E-state index contributed by atoms with van der Waals surface area (Å²) in [7, 11) is 0. The molecule has 0 unspecified atom stereocenters. The number of benzene rings is 1. The zero-order valence-electron chi connectivity index (χ0n) is 11.0. The minimum absolute atomic E-state index is 0.0363. The van der Waals surface area contributed by atoms with E-state index < -0.39 is 29.5 Å². The van der Waals surface area contributed by atoms with Gasteiger partial charge in [0.25, 0.3) is 0 Å². The lowest BCUT2D eigenvalue weighted by Gasteiger charge is -2.12. The van der Waals surface area contributed by atoms with E-state index in [0.29, 0.717) is 6.07 Å². The fourth-order valence-electron chi connectivity index (χ4n) is 1.80. The molecule has 0 atom stereocenters. The summed E-state index contributed by atoms with van der Waals surface area (Å²) in [4.78, 5) is 3.40. The first-order valence-corrected chi connectivity index (χ1v) is 5.93. The molecule has 0 saturated heterocycles. The van der Waals surface area contributed by atoms with E-state index in [-0.39, 0.29) is 11.1 Å². The van der Waals surface area contributed by atoms with Gasteiger partial charge in [0.1, 0.15) is 11.8 Å². The van der Waals surface area contributed by atoms with E-state index in [0.717, 1.165) is 18.3 Å². The van der Waals surface area contributed by atoms with Gasteiger partial charge in [0.15, 0.2) is 5.69 Å². The zero-order chi connectivity index (χ0) is 17.3. The van der Waals surface area contributed by atoms with Crippen molar-refractivity contribution in [3.8, 4) is 22.9 Å². The summed E-state index contributed by atoms with van der Waals surface area (Å²) < 4.78 is 78.8. The Balaban J connectivity index is 2.47. The summed E-state index contributed by atoms with van der Waals surface area (Å²) in [6.07, 6.45) is -8.76. The molecule has 0 spiro atoms. The molecule has 0 saturated carbocycles. The third kappa shape index (κ3) is 4.12. The number of alkyl halides is 6. The van der Waals surface area contributed by atoms with Crippen molar-refractivity contribution in [2.45, 2.75) is 12.5 Å². The Hall–Kier alpha value is -2.76. The minimum atomic E-state index is -4.92. The van der Waals surface area contributed by atoms with Crippen LogP contribution < -0.4 is 4.74 Å². The van der Waals surface area contributed by atoms with Gasteiger partial charge in [-0.15, -0.1) is 13.2 Å². The lowest BCUT2D eigenvalue weighted by molar-refractivity contribution is -0.274. The number of ether oxygens (including phenoxy) is 1. The largest absolute Gasteiger partial charge is 0.573 e. The van der Waals surface area contributed by atoms with E-state index >= 15 is 0 Å². The number of aromatic nitrogens is 1. The highest BCUT2D eigenvalue weighted by Crippen LogP contribution is 2.34. The van der Waals surface area contributed by atoms with Crippen LogP contribution in [0.2, 0.25) is 0 Å². The van der Waals surface area contributed by atoms with E-state index in [4.69, 9.17) is 5.26 Å². The first-order valence-electron chi connectivity index (χ1n) is 5.93. The van der Waals surface area contributed by atoms with Crippen LogP contribution in [-0.4, -0.2) is 11.3 Å².